The highest BCUT2D eigenvalue weighted by Gasteiger charge is 2.13. The molecule has 2 aromatic rings. The van der Waals surface area contributed by atoms with Gasteiger partial charge >= 0.3 is 0 Å². The Morgan fingerprint density at radius 2 is 1.96 bits per heavy atom. The second-order valence-electron chi connectivity index (χ2n) is 5.84. The van der Waals surface area contributed by atoms with Crippen molar-refractivity contribution in [3.8, 4) is 11.5 Å². The number of nitrogens with one attached hydrogen (secondary N) is 1. The quantitative estimate of drug-likeness (QED) is 0.537. The van der Waals surface area contributed by atoms with E-state index in [1.165, 1.54) is 0 Å². The van der Waals surface area contributed by atoms with E-state index in [0.29, 0.717) is 47.8 Å². The summed E-state index contributed by atoms with van der Waals surface area (Å²) in [5, 5.41) is 13.7. The van der Waals surface area contributed by atoms with Gasteiger partial charge in [-0.2, -0.15) is 0 Å². The van der Waals surface area contributed by atoms with E-state index in [9.17, 15) is 5.11 Å². The summed E-state index contributed by atoms with van der Waals surface area (Å²) < 4.78 is 12.5. The minimum absolute atomic E-state index is 0.300. The van der Waals surface area contributed by atoms with Gasteiger partial charge in [-0.25, -0.2) is 0 Å². The number of benzene rings is 2. The molecular formula is C19H22BrCl2NO3. The highest BCUT2D eigenvalue weighted by atomic mass is 79.9. The topological polar surface area (TPSA) is 50.7 Å². The second-order valence-corrected chi connectivity index (χ2v) is 7.54. The van der Waals surface area contributed by atoms with E-state index < -0.39 is 6.10 Å². The van der Waals surface area contributed by atoms with Crippen molar-refractivity contribution in [3.05, 3.63) is 56.0 Å². The molecular weight excluding hydrogens is 441 g/mol. The van der Waals surface area contributed by atoms with Gasteiger partial charge in [0.1, 0.15) is 6.61 Å². The molecule has 0 spiro atoms. The molecule has 0 fully saturated rings. The number of aliphatic hydroxyl groups is 1. The number of hydrogen-bond donors (Lipinski definition) is 2. The molecule has 0 heterocycles. The van der Waals surface area contributed by atoms with Gasteiger partial charge in [0, 0.05) is 28.7 Å². The molecule has 0 aliphatic heterocycles. The number of hydrogen-bond acceptors (Lipinski definition) is 4. The van der Waals surface area contributed by atoms with Crippen LogP contribution in [0.3, 0.4) is 0 Å². The van der Waals surface area contributed by atoms with Crippen molar-refractivity contribution in [1.82, 2.24) is 5.32 Å². The molecule has 0 aromatic heterocycles. The third-order valence-corrected chi connectivity index (χ3v) is 4.70. The van der Waals surface area contributed by atoms with Crippen LogP contribution < -0.4 is 14.8 Å². The summed E-state index contributed by atoms with van der Waals surface area (Å²) in [5.74, 6) is 1.28. The van der Waals surface area contributed by atoms with Crippen molar-refractivity contribution in [2.75, 3.05) is 13.2 Å². The lowest BCUT2D eigenvalue weighted by Crippen LogP contribution is -2.23. The Kier molecular flexibility index (Phi) is 8.51. The van der Waals surface area contributed by atoms with E-state index in [0.717, 1.165) is 15.6 Å². The molecule has 26 heavy (non-hydrogen) atoms. The van der Waals surface area contributed by atoms with Crippen LogP contribution in [0.1, 0.15) is 25.0 Å². The molecule has 0 radical (unpaired) electrons. The molecule has 7 heteroatoms. The van der Waals surface area contributed by atoms with Crippen molar-refractivity contribution in [1.29, 1.82) is 0 Å². The predicted molar refractivity (Wildman–Crippen MR) is 109 cm³/mol. The van der Waals surface area contributed by atoms with E-state index in [1.807, 2.05) is 25.1 Å². The highest BCUT2D eigenvalue weighted by molar-refractivity contribution is 9.10. The second kappa shape index (κ2) is 10.4. The Morgan fingerprint density at radius 3 is 2.62 bits per heavy atom. The van der Waals surface area contributed by atoms with Crippen LogP contribution in [0, 0.1) is 0 Å². The predicted octanol–water partition coefficient (Wildman–Crippen LogP) is 5.20. The monoisotopic (exact) mass is 461 g/mol. The van der Waals surface area contributed by atoms with Gasteiger partial charge in [-0.15, -0.1) is 0 Å². The number of halogens is 3. The first-order valence-electron chi connectivity index (χ1n) is 8.31. The lowest BCUT2D eigenvalue weighted by atomic mass is 10.2. The molecule has 142 valence electrons. The minimum atomic E-state index is -0.392. The molecule has 4 nitrogen and oxygen atoms in total. The third-order valence-electron chi connectivity index (χ3n) is 3.53. The maximum atomic E-state index is 9.35. The van der Waals surface area contributed by atoms with Crippen molar-refractivity contribution in [2.45, 2.75) is 33.1 Å². The van der Waals surface area contributed by atoms with Gasteiger partial charge in [-0.1, -0.05) is 29.3 Å². The number of rotatable bonds is 9. The summed E-state index contributed by atoms with van der Waals surface area (Å²) in [5.41, 5.74) is 1.87. The van der Waals surface area contributed by atoms with E-state index in [4.69, 9.17) is 32.7 Å². The third kappa shape index (κ3) is 6.32. The summed E-state index contributed by atoms with van der Waals surface area (Å²) in [6.45, 7) is 5.63. The largest absolute Gasteiger partial charge is 0.490 e. The first-order valence-corrected chi connectivity index (χ1v) is 9.86. The van der Waals surface area contributed by atoms with Crippen LogP contribution >= 0.6 is 39.1 Å². The summed E-state index contributed by atoms with van der Waals surface area (Å²) in [4.78, 5) is 0. The van der Waals surface area contributed by atoms with Crippen LogP contribution in [0.25, 0.3) is 0 Å². The zero-order chi connectivity index (χ0) is 19.1. The van der Waals surface area contributed by atoms with Crippen LogP contribution in [-0.2, 0) is 13.2 Å². The van der Waals surface area contributed by atoms with Gasteiger partial charge in [0.25, 0.3) is 0 Å². The first-order chi connectivity index (χ1) is 12.4. The lowest BCUT2D eigenvalue weighted by Gasteiger charge is -2.16. The fourth-order valence-corrected chi connectivity index (χ4v) is 3.41. The molecule has 0 bridgehead atoms. The summed E-state index contributed by atoms with van der Waals surface area (Å²) in [6.07, 6.45) is -0.392. The maximum Gasteiger partial charge on any atom is 0.175 e. The van der Waals surface area contributed by atoms with E-state index in [1.54, 1.807) is 19.1 Å². The Labute approximate surface area is 172 Å². The van der Waals surface area contributed by atoms with Gasteiger partial charge in [-0.3, -0.25) is 0 Å². The summed E-state index contributed by atoms with van der Waals surface area (Å²) >= 11 is 15.7. The molecule has 0 amide bonds. The Bertz CT molecular complexity index is 741. The summed E-state index contributed by atoms with van der Waals surface area (Å²) in [7, 11) is 0. The van der Waals surface area contributed by atoms with Gasteiger partial charge in [0.2, 0.25) is 0 Å². The zero-order valence-corrected chi connectivity index (χ0v) is 17.8. The standard InChI is InChI=1S/C19H22BrCl2NO3/c1-3-25-18-7-13(10-23-9-12(2)24)6-16(20)19(18)26-11-14-4-5-15(21)8-17(14)22/h4-8,12,23-24H,3,9-11H2,1-2H3/t12-/m0/s1. The molecule has 0 saturated heterocycles. The number of aliphatic hydroxyl groups excluding tert-OH is 1. The first kappa shape index (κ1) is 21.3. The van der Waals surface area contributed by atoms with Crippen LogP contribution in [0.4, 0.5) is 0 Å². The Balaban J connectivity index is 2.15. The van der Waals surface area contributed by atoms with E-state index in [-0.39, 0.29) is 0 Å². The Hall–Kier alpha value is -0.980. The van der Waals surface area contributed by atoms with E-state index in [2.05, 4.69) is 21.2 Å². The molecule has 2 rings (SSSR count). The molecule has 0 aliphatic carbocycles. The number of ether oxygens (including phenoxy) is 2. The fourth-order valence-electron chi connectivity index (χ4n) is 2.34. The SMILES string of the molecule is CCOc1cc(CNC[C@H](C)O)cc(Br)c1OCc1ccc(Cl)cc1Cl. The molecule has 0 saturated carbocycles. The van der Waals surface area contributed by atoms with Crippen LogP contribution in [-0.4, -0.2) is 24.4 Å². The van der Waals surface area contributed by atoms with Crippen LogP contribution in [0.2, 0.25) is 10.0 Å². The van der Waals surface area contributed by atoms with Gasteiger partial charge in [0.05, 0.1) is 17.2 Å². The fraction of sp³-hybridized carbons (Fsp3) is 0.368. The van der Waals surface area contributed by atoms with Crippen molar-refractivity contribution in [2.24, 2.45) is 0 Å². The highest BCUT2D eigenvalue weighted by Crippen LogP contribution is 2.38. The minimum Gasteiger partial charge on any atom is -0.490 e. The molecule has 0 unspecified atom stereocenters. The average molecular weight is 463 g/mol. The average Bonchev–Trinajstić information content (AvgIpc) is 2.55. The van der Waals surface area contributed by atoms with E-state index >= 15 is 0 Å². The van der Waals surface area contributed by atoms with Crippen molar-refractivity contribution in [3.63, 3.8) is 0 Å². The normalized spacial score (nSPS) is 12.1. The van der Waals surface area contributed by atoms with Gasteiger partial charge in [-0.05, 0) is 59.6 Å². The van der Waals surface area contributed by atoms with Crippen LogP contribution in [0.5, 0.6) is 11.5 Å². The summed E-state index contributed by atoms with van der Waals surface area (Å²) in [6, 6.07) is 9.21. The maximum absolute atomic E-state index is 9.35. The van der Waals surface area contributed by atoms with Crippen molar-refractivity contribution < 1.29 is 14.6 Å². The Morgan fingerprint density at radius 1 is 1.19 bits per heavy atom. The lowest BCUT2D eigenvalue weighted by molar-refractivity contribution is 0.191. The van der Waals surface area contributed by atoms with Gasteiger partial charge < -0.3 is 19.9 Å². The van der Waals surface area contributed by atoms with Crippen molar-refractivity contribution >= 4 is 39.1 Å². The molecule has 2 aromatic carbocycles. The van der Waals surface area contributed by atoms with Crippen LogP contribution in [0.15, 0.2) is 34.8 Å². The smallest absolute Gasteiger partial charge is 0.175 e. The molecule has 0 aliphatic rings. The molecule has 2 N–H and O–H groups in total. The molecule has 1 atom stereocenters. The zero-order valence-electron chi connectivity index (χ0n) is 14.7. The van der Waals surface area contributed by atoms with Gasteiger partial charge in [0.15, 0.2) is 11.5 Å².